The molecule has 2 rings (SSSR count). The highest BCUT2D eigenvalue weighted by Gasteiger charge is 2.40. The SMILES string of the molecule is Cc1cc(C)c(S(=O)(=O)N2CCCC2C(=O)NCCC(C)N)c(C)c1. The number of benzene rings is 1. The molecule has 1 fully saturated rings. The summed E-state index contributed by atoms with van der Waals surface area (Å²) >= 11 is 0. The van der Waals surface area contributed by atoms with Crippen LogP contribution in [0.1, 0.15) is 42.9 Å². The van der Waals surface area contributed by atoms with E-state index in [0.717, 1.165) is 16.7 Å². The first-order valence-corrected chi connectivity index (χ1v) is 10.2. The summed E-state index contributed by atoms with van der Waals surface area (Å²) in [5, 5.41) is 2.82. The van der Waals surface area contributed by atoms with Crippen LogP contribution in [0.3, 0.4) is 0 Å². The van der Waals surface area contributed by atoms with Crippen molar-refractivity contribution in [3.05, 3.63) is 28.8 Å². The Bertz CT molecular complexity index is 721. The molecular weight excluding hydrogens is 338 g/mol. The predicted octanol–water partition coefficient (Wildman–Crippen LogP) is 1.62. The zero-order chi connectivity index (χ0) is 18.8. The van der Waals surface area contributed by atoms with Gasteiger partial charge in [-0.2, -0.15) is 4.31 Å². The van der Waals surface area contributed by atoms with E-state index in [1.54, 1.807) is 13.8 Å². The molecule has 0 aromatic heterocycles. The van der Waals surface area contributed by atoms with E-state index >= 15 is 0 Å². The number of rotatable bonds is 6. The molecule has 0 bridgehead atoms. The molecule has 3 N–H and O–H groups in total. The van der Waals surface area contributed by atoms with Gasteiger partial charge in [-0.05, 0) is 58.1 Å². The van der Waals surface area contributed by atoms with E-state index < -0.39 is 16.1 Å². The number of nitrogens with one attached hydrogen (secondary N) is 1. The van der Waals surface area contributed by atoms with Crippen molar-refractivity contribution in [3.8, 4) is 0 Å². The van der Waals surface area contributed by atoms with E-state index in [-0.39, 0.29) is 11.9 Å². The highest BCUT2D eigenvalue weighted by molar-refractivity contribution is 7.89. The van der Waals surface area contributed by atoms with Gasteiger partial charge in [0.15, 0.2) is 0 Å². The number of amides is 1. The third kappa shape index (κ3) is 4.40. The minimum atomic E-state index is -3.70. The Hall–Kier alpha value is -1.44. The van der Waals surface area contributed by atoms with Gasteiger partial charge in [0.1, 0.15) is 6.04 Å². The molecule has 1 heterocycles. The summed E-state index contributed by atoms with van der Waals surface area (Å²) in [6.07, 6.45) is 1.91. The van der Waals surface area contributed by atoms with Crippen LogP contribution in [0.2, 0.25) is 0 Å². The number of nitrogens with zero attached hydrogens (tertiary/aromatic N) is 1. The fourth-order valence-electron chi connectivity index (χ4n) is 3.52. The van der Waals surface area contributed by atoms with E-state index in [9.17, 15) is 13.2 Å². The predicted molar refractivity (Wildman–Crippen MR) is 98.8 cm³/mol. The molecule has 2 atom stereocenters. The van der Waals surface area contributed by atoms with Crippen molar-refractivity contribution >= 4 is 15.9 Å². The van der Waals surface area contributed by atoms with Gasteiger partial charge in [0.25, 0.3) is 0 Å². The molecule has 1 saturated heterocycles. The molecule has 25 heavy (non-hydrogen) atoms. The van der Waals surface area contributed by atoms with E-state index in [4.69, 9.17) is 5.73 Å². The van der Waals surface area contributed by atoms with Crippen LogP contribution in [-0.2, 0) is 14.8 Å². The van der Waals surface area contributed by atoms with Crippen LogP contribution in [0.25, 0.3) is 0 Å². The van der Waals surface area contributed by atoms with E-state index in [0.29, 0.717) is 37.2 Å². The van der Waals surface area contributed by atoms with Crippen molar-refractivity contribution in [2.75, 3.05) is 13.1 Å². The average Bonchev–Trinajstić information content (AvgIpc) is 2.95. The zero-order valence-corrected chi connectivity index (χ0v) is 16.3. The maximum absolute atomic E-state index is 13.2. The number of hydrogen-bond acceptors (Lipinski definition) is 4. The molecule has 0 saturated carbocycles. The molecule has 0 spiro atoms. The van der Waals surface area contributed by atoms with Crippen molar-refractivity contribution in [2.45, 2.75) is 63.9 Å². The van der Waals surface area contributed by atoms with Gasteiger partial charge in [-0.25, -0.2) is 8.42 Å². The third-order valence-corrected chi connectivity index (χ3v) is 6.79. The maximum atomic E-state index is 13.2. The summed E-state index contributed by atoms with van der Waals surface area (Å²) in [6, 6.07) is 3.10. The lowest BCUT2D eigenvalue weighted by Crippen LogP contribution is -2.46. The molecule has 0 radical (unpaired) electrons. The molecular formula is C18H29N3O3S. The van der Waals surface area contributed by atoms with Gasteiger partial charge in [-0.1, -0.05) is 17.7 Å². The van der Waals surface area contributed by atoms with Gasteiger partial charge in [-0.15, -0.1) is 0 Å². The van der Waals surface area contributed by atoms with Crippen LogP contribution < -0.4 is 11.1 Å². The molecule has 1 aromatic carbocycles. The Balaban J connectivity index is 2.25. The van der Waals surface area contributed by atoms with E-state index in [2.05, 4.69) is 5.32 Å². The summed E-state index contributed by atoms with van der Waals surface area (Å²) in [4.78, 5) is 12.8. The van der Waals surface area contributed by atoms with Crippen LogP contribution in [-0.4, -0.2) is 43.8 Å². The standard InChI is InChI=1S/C18H29N3O3S/c1-12-10-13(2)17(14(3)11-12)25(23,24)21-9-5-6-16(21)18(22)20-8-7-15(4)19/h10-11,15-16H,5-9,19H2,1-4H3,(H,20,22). The Morgan fingerprint density at radius 2 is 1.92 bits per heavy atom. The lowest BCUT2D eigenvalue weighted by atomic mass is 10.1. The second-order valence-corrected chi connectivity index (χ2v) is 8.89. The van der Waals surface area contributed by atoms with Crippen molar-refractivity contribution < 1.29 is 13.2 Å². The number of sulfonamides is 1. The van der Waals surface area contributed by atoms with Crippen molar-refractivity contribution in [1.82, 2.24) is 9.62 Å². The highest BCUT2D eigenvalue weighted by Crippen LogP contribution is 2.30. The molecule has 140 valence electrons. The van der Waals surface area contributed by atoms with Gasteiger partial charge in [-0.3, -0.25) is 4.79 Å². The molecule has 6 nitrogen and oxygen atoms in total. The summed E-state index contributed by atoms with van der Waals surface area (Å²) in [6.45, 7) is 8.27. The van der Waals surface area contributed by atoms with Gasteiger partial charge >= 0.3 is 0 Å². The first-order chi connectivity index (χ1) is 11.6. The Morgan fingerprint density at radius 3 is 2.48 bits per heavy atom. The Morgan fingerprint density at radius 1 is 1.32 bits per heavy atom. The van der Waals surface area contributed by atoms with Crippen LogP contribution in [0, 0.1) is 20.8 Å². The van der Waals surface area contributed by atoms with Crippen molar-refractivity contribution in [2.24, 2.45) is 5.73 Å². The molecule has 1 aliphatic rings. The number of carbonyl (C=O) groups excluding carboxylic acids is 1. The topological polar surface area (TPSA) is 92.5 Å². The van der Waals surface area contributed by atoms with Gasteiger partial charge in [0.2, 0.25) is 15.9 Å². The summed E-state index contributed by atoms with van der Waals surface area (Å²) < 4.78 is 27.8. The minimum absolute atomic E-state index is 0.00145. The summed E-state index contributed by atoms with van der Waals surface area (Å²) in [5.41, 5.74) is 8.17. The molecule has 1 aromatic rings. The highest BCUT2D eigenvalue weighted by atomic mass is 32.2. The Labute approximate surface area is 150 Å². The average molecular weight is 368 g/mol. The summed E-state index contributed by atoms with van der Waals surface area (Å²) in [7, 11) is -3.70. The van der Waals surface area contributed by atoms with Crippen LogP contribution in [0.4, 0.5) is 0 Å². The van der Waals surface area contributed by atoms with Crippen molar-refractivity contribution in [3.63, 3.8) is 0 Å². The first kappa shape index (κ1) is 19.9. The number of aryl methyl sites for hydroxylation is 3. The second-order valence-electron chi connectivity index (χ2n) is 7.06. The lowest BCUT2D eigenvalue weighted by Gasteiger charge is -2.25. The lowest BCUT2D eigenvalue weighted by molar-refractivity contribution is -0.124. The van der Waals surface area contributed by atoms with Crippen LogP contribution >= 0.6 is 0 Å². The quantitative estimate of drug-likeness (QED) is 0.799. The largest absolute Gasteiger partial charge is 0.355 e. The number of carbonyl (C=O) groups is 1. The molecule has 2 unspecified atom stereocenters. The molecule has 0 aliphatic carbocycles. The van der Waals surface area contributed by atoms with E-state index in [1.165, 1.54) is 4.31 Å². The fourth-order valence-corrected chi connectivity index (χ4v) is 5.59. The number of nitrogens with two attached hydrogens (primary N) is 1. The second kappa shape index (κ2) is 7.85. The van der Waals surface area contributed by atoms with Gasteiger partial charge in [0, 0.05) is 19.1 Å². The fraction of sp³-hybridized carbons (Fsp3) is 0.611. The minimum Gasteiger partial charge on any atom is -0.355 e. The molecule has 7 heteroatoms. The van der Waals surface area contributed by atoms with Crippen molar-refractivity contribution in [1.29, 1.82) is 0 Å². The normalized spacial score (nSPS) is 19.8. The third-order valence-electron chi connectivity index (χ3n) is 4.58. The molecule has 1 amide bonds. The Kier molecular flexibility index (Phi) is 6.24. The van der Waals surface area contributed by atoms with Gasteiger partial charge < -0.3 is 11.1 Å². The zero-order valence-electron chi connectivity index (χ0n) is 15.5. The van der Waals surface area contributed by atoms with Crippen LogP contribution in [0.15, 0.2) is 17.0 Å². The maximum Gasteiger partial charge on any atom is 0.244 e. The summed E-state index contributed by atoms with van der Waals surface area (Å²) in [5.74, 6) is -0.232. The van der Waals surface area contributed by atoms with E-state index in [1.807, 2.05) is 26.0 Å². The van der Waals surface area contributed by atoms with Gasteiger partial charge in [0.05, 0.1) is 4.90 Å². The number of hydrogen-bond donors (Lipinski definition) is 2. The smallest absolute Gasteiger partial charge is 0.244 e. The van der Waals surface area contributed by atoms with Crippen LogP contribution in [0.5, 0.6) is 0 Å². The first-order valence-electron chi connectivity index (χ1n) is 8.77. The molecule has 1 aliphatic heterocycles. The monoisotopic (exact) mass is 367 g/mol.